The van der Waals surface area contributed by atoms with Gasteiger partial charge >= 0.3 is 12.1 Å². The summed E-state index contributed by atoms with van der Waals surface area (Å²) in [6.45, 7) is 3.33. The van der Waals surface area contributed by atoms with E-state index < -0.39 is 23.3 Å². The molecule has 1 rings (SSSR count). The van der Waals surface area contributed by atoms with Gasteiger partial charge in [-0.2, -0.15) is 18.4 Å². The third kappa shape index (κ3) is 3.25. The van der Waals surface area contributed by atoms with Crippen molar-refractivity contribution >= 4 is 5.97 Å². The summed E-state index contributed by atoms with van der Waals surface area (Å²) in [5.41, 5.74) is -1.38. The molecule has 19 heavy (non-hydrogen) atoms. The number of nitrogens with zero attached hydrogens (tertiary/aromatic N) is 1. The molecule has 0 spiro atoms. The van der Waals surface area contributed by atoms with Crippen molar-refractivity contribution in [3.63, 3.8) is 0 Å². The highest BCUT2D eigenvalue weighted by molar-refractivity contribution is 5.91. The lowest BCUT2D eigenvalue weighted by molar-refractivity contribution is -0.137. The lowest BCUT2D eigenvalue weighted by Crippen LogP contribution is -2.14. The zero-order chi connectivity index (χ0) is 14.6. The summed E-state index contributed by atoms with van der Waals surface area (Å²) in [6.07, 6.45) is -4.35. The lowest BCUT2D eigenvalue weighted by atomic mass is 9.97. The molecule has 0 aromatic heterocycles. The molecule has 0 fully saturated rings. The van der Waals surface area contributed by atoms with E-state index in [2.05, 4.69) is 0 Å². The van der Waals surface area contributed by atoms with Crippen LogP contribution in [0.3, 0.4) is 0 Å². The van der Waals surface area contributed by atoms with Gasteiger partial charge in [0, 0.05) is 0 Å². The standard InChI is InChI=1S/C13H12F3NO2/c1-3-8-5-9(7-17)11(13(14,15)16)6-10(8)12(18)19-4-2/h5-6H,3-4H2,1-2H3. The van der Waals surface area contributed by atoms with E-state index in [-0.39, 0.29) is 12.2 Å². The Morgan fingerprint density at radius 3 is 2.42 bits per heavy atom. The van der Waals surface area contributed by atoms with Crippen molar-refractivity contribution < 1.29 is 22.7 Å². The molecular formula is C13H12F3NO2. The molecule has 6 heteroatoms. The smallest absolute Gasteiger partial charge is 0.417 e. The molecule has 0 aliphatic carbocycles. The van der Waals surface area contributed by atoms with E-state index in [4.69, 9.17) is 10.00 Å². The second-order valence-corrected chi connectivity index (χ2v) is 3.74. The Balaban J connectivity index is 3.47. The van der Waals surface area contributed by atoms with Crippen LogP contribution in [0.1, 0.15) is 40.9 Å². The molecule has 1 aromatic rings. The van der Waals surface area contributed by atoms with Gasteiger partial charge in [0.2, 0.25) is 0 Å². The van der Waals surface area contributed by atoms with Gasteiger partial charge in [0.15, 0.2) is 0 Å². The summed E-state index contributed by atoms with van der Waals surface area (Å²) in [5.74, 6) is -0.811. The van der Waals surface area contributed by atoms with E-state index in [0.29, 0.717) is 18.1 Å². The van der Waals surface area contributed by atoms with Gasteiger partial charge in [-0.25, -0.2) is 4.79 Å². The molecule has 0 aliphatic rings. The predicted molar refractivity (Wildman–Crippen MR) is 61.5 cm³/mol. The van der Waals surface area contributed by atoms with E-state index >= 15 is 0 Å². The Kier molecular flexibility index (Phi) is 4.54. The Morgan fingerprint density at radius 1 is 1.37 bits per heavy atom. The SMILES string of the molecule is CCOC(=O)c1cc(C(F)(F)F)c(C#N)cc1CC. The average Bonchev–Trinajstić information content (AvgIpc) is 2.36. The Bertz CT molecular complexity index is 530. The number of esters is 1. The van der Waals surface area contributed by atoms with Gasteiger partial charge < -0.3 is 4.74 Å². The fourth-order valence-corrected chi connectivity index (χ4v) is 1.66. The van der Waals surface area contributed by atoms with Gasteiger partial charge in [0.1, 0.15) is 0 Å². The summed E-state index contributed by atoms with van der Waals surface area (Å²) < 4.78 is 43.1. The molecule has 0 saturated heterocycles. The van der Waals surface area contributed by atoms with Crippen molar-refractivity contribution in [1.82, 2.24) is 0 Å². The number of rotatable bonds is 3. The number of carbonyl (C=O) groups excluding carboxylic acids is 1. The van der Waals surface area contributed by atoms with Crippen molar-refractivity contribution in [3.05, 3.63) is 34.4 Å². The molecule has 0 bridgehead atoms. The van der Waals surface area contributed by atoms with Gasteiger partial charge in [0.25, 0.3) is 0 Å². The molecule has 0 radical (unpaired) electrons. The van der Waals surface area contributed by atoms with Crippen LogP contribution >= 0.6 is 0 Å². The second-order valence-electron chi connectivity index (χ2n) is 3.74. The number of hydrogen-bond donors (Lipinski definition) is 0. The van der Waals surface area contributed by atoms with Gasteiger partial charge in [0.05, 0.1) is 29.4 Å². The Hall–Kier alpha value is -2.03. The highest BCUT2D eigenvalue weighted by atomic mass is 19.4. The normalized spacial score (nSPS) is 10.9. The number of halogens is 3. The first-order chi connectivity index (χ1) is 8.85. The summed E-state index contributed by atoms with van der Waals surface area (Å²) >= 11 is 0. The maximum Gasteiger partial charge on any atom is 0.417 e. The van der Waals surface area contributed by atoms with Crippen molar-refractivity contribution in [2.75, 3.05) is 6.61 Å². The van der Waals surface area contributed by atoms with E-state index in [9.17, 15) is 18.0 Å². The van der Waals surface area contributed by atoms with E-state index in [0.717, 1.165) is 6.07 Å². The molecule has 0 N–H and O–H groups in total. The molecule has 0 amide bonds. The summed E-state index contributed by atoms with van der Waals surface area (Å²) in [5, 5.41) is 8.77. The van der Waals surface area contributed by atoms with Gasteiger partial charge in [-0.1, -0.05) is 6.92 Å². The van der Waals surface area contributed by atoms with Gasteiger partial charge in [-0.3, -0.25) is 0 Å². The first kappa shape index (κ1) is 15.0. The van der Waals surface area contributed by atoms with Crippen LogP contribution in [-0.2, 0) is 17.3 Å². The van der Waals surface area contributed by atoms with Crippen molar-refractivity contribution in [2.45, 2.75) is 26.4 Å². The summed E-state index contributed by atoms with van der Waals surface area (Å²) in [6, 6.07) is 3.29. The number of hydrogen-bond acceptors (Lipinski definition) is 3. The summed E-state index contributed by atoms with van der Waals surface area (Å²) in [4.78, 5) is 11.6. The molecule has 0 aliphatic heterocycles. The summed E-state index contributed by atoms with van der Waals surface area (Å²) in [7, 11) is 0. The zero-order valence-electron chi connectivity index (χ0n) is 10.5. The minimum Gasteiger partial charge on any atom is -0.462 e. The van der Waals surface area contributed by atoms with Gasteiger partial charge in [-0.05, 0) is 31.0 Å². The monoisotopic (exact) mass is 271 g/mol. The Labute approximate surface area is 108 Å². The highest BCUT2D eigenvalue weighted by Gasteiger charge is 2.35. The van der Waals surface area contributed by atoms with Crippen LogP contribution in [0.15, 0.2) is 12.1 Å². The molecule has 0 saturated carbocycles. The molecule has 102 valence electrons. The maximum atomic E-state index is 12.8. The first-order valence-electron chi connectivity index (χ1n) is 5.66. The van der Waals surface area contributed by atoms with Crippen LogP contribution in [0, 0.1) is 11.3 Å². The second kappa shape index (κ2) is 5.74. The molecular weight excluding hydrogens is 259 g/mol. The predicted octanol–water partition coefficient (Wildman–Crippen LogP) is 3.32. The van der Waals surface area contributed by atoms with Crippen LogP contribution in [0.4, 0.5) is 13.2 Å². The minimum atomic E-state index is -4.68. The quantitative estimate of drug-likeness (QED) is 0.792. The van der Waals surface area contributed by atoms with Crippen molar-refractivity contribution in [3.8, 4) is 6.07 Å². The van der Waals surface area contributed by atoms with Crippen molar-refractivity contribution in [1.29, 1.82) is 5.26 Å². The van der Waals surface area contributed by atoms with Crippen LogP contribution in [0.2, 0.25) is 0 Å². The highest BCUT2D eigenvalue weighted by Crippen LogP contribution is 2.33. The van der Waals surface area contributed by atoms with Crippen LogP contribution in [-0.4, -0.2) is 12.6 Å². The number of alkyl halides is 3. The third-order valence-electron chi connectivity index (χ3n) is 2.55. The van der Waals surface area contributed by atoms with Crippen molar-refractivity contribution in [2.24, 2.45) is 0 Å². The average molecular weight is 271 g/mol. The van der Waals surface area contributed by atoms with E-state index in [1.807, 2.05) is 0 Å². The van der Waals surface area contributed by atoms with E-state index in [1.54, 1.807) is 13.8 Å². The molecule has 0 atom stereocenters. The lowest BCUT2D eigenvalue weighted by Gasteiger charge is -2.13. The molecule has 0 unspecified atom stereocenters. The third-order valence-corrected chi connectivity index (χ3v) is 2.55. The number of aryl methyl sites for hydroxylation is 1. The maximum absolute atomic E-state index is 12.8. The van der Waals surface area contributed by atoms with Crippen LogP contribution in [0.25, 0.3) is 0 Å². The number of ether oxygens (including phenoxy) is 1. The number of nitriles is 1. The van der Waals surface area contributed by atoms with Crippen LogP contribution < -0.4 is 0 Å². The Morgan fingerprint density at radius 2 is 2.00 bits per heavy atom. The zero-order valence-corrected chi connectivity index (χ0v) is 10.5. The molecule has 1 aromatic carbocycles. The largest absolute Gasteiger partial charge is 0.462 e. The van der Waals surface area contributed by atoms with Crippen LogP contribution in [0.5, 0.6) is 0 Å². The topological polar surface area (TPSA) is 50.1 Å². The molecule has 3 nitrogen and oxygen atoms in total. The van der Waals surface area contributed by atoms with E-state index in [1.165, 1.54) is 6.07 Å². The fourth-order valence-electron chi connectivity index (χ4n) is 1.66. The first-order valence-corrected chi connectivity index (χ1v) is 5.66. The minimum absolute atomic E-state index is 0.0728. The molecule has 0 heterocycles. The number of carbonyl (C=O) groups is 1. The fraction of sp³-hybridized carbons (Fsp3) is 0.385. The number of benzene rings is 1. The van der Waals surface area contributed by atoms with Gasteiger partial charge in [-0.15, -0.1) is 0 Å².